The molecule has 0 aliphatic heterocycles. The summed E-state index contributed by atoms with van der Waals surface area (Å²) in [4.78, 5) is 0. The van der Waals surface area contributed by atoms with E-state index in [0.717, 1.165) is 11.1 Å². The Balaban J connectivity index is 0.00000150. The maximum absolute atomic E-state index is 9.98. The zero-order valence-electron chi connectivity index (χ0n) is 17.8. The van der Waals surface area contributed by atoms with Gasteiger partial charge in [-0.05, 0) is 70.5 Å². The van der Waals surface area contributed by atoms with Gasteiger partial charge in [-0.1, -0.05) is 73.2 Å². The first-order chi connectivity index (χ1) is 13.0. The van der Waals surface area contributed by atoms with E-state index >= 15 is 0 Å². The molecule has 3 aromatic carbocycles. The van der Waals surface area contributed by atoms with Crippen molar-refractivity contribution in [1.29, 1.82) is 0 Å². The van der Waals surface area contributed by atoms with Crippen LogP contribution in [0.1, 0.15) is 38.8 Å². The number of rotatable bonds is 3. The Labute approximate surface area is 207 Å². The van der Waals surface area contributed by atoms with Crippen molar-refractivity contribution < 1.29 is 26.8 Å². The normalized spacial score (nSPS) is 15.6. The Hall–Kier alpha value is -1.35. The van der Waals surface area contributed by atoms with E-state index in [0.29, 0.717) is 5.92 Å². The molecule has 0 bridgehead atoms. The first kappa shape index (κ1) is 26.7. The SMILES string of the molecule is CC1=C(C)C(C)C(c2ccc3ccccc3c2-c2ccccc2CO)=C1C.Cl.Cl.[Ti]. The van der Waals surface area contributed by atoms with Crippen molar-refractivity contribution in [2.45, 2.75) is 34.3 Å². The quantitative estimate of drug-likeness (QED) is 0.387. The van der Waals surface area contributed by atoms with Gasteiger partial charge >= 0.3 is 0 Å². The molecule has 4 rings (SSSR count). The molecule has 0 spiro atoms. The molecule has 0 amide bonds. The molecule has 0 saturated carbocycles. The topological polar surface area (TPSA) is 20.2 Å². The molecule has 0 radical (unpaired) electrons. The van der Waals surface area contributed by atoms with Crippen molar-refractivity contribution in [3.8, 4) is 11.1 Å². The van der Waals surface area contributed by atoms with Crippen LogP contribution in [0.4, 0.5) is 0 Å². The van der Waals surface area contributed by atoms with E-state index in [9.17, 15) is 5.11 Å². The van der Waals surface area contributed by atoms with Gasteiger partial charge in [0.05, 0.1) is 6.61 Å². The van der Waals surface area contributed by atoms with Gasteiger partial charge in [-0.3, -0.25) is 0 Å². The Morgan fingerprint density at radius 1 is 0.767 bits per heavy atom. The van der Waals surface area contributed by atoms with Crippen LogP contribution in [0.25, 0.3) is 27.5 Å². The van der Waals surface area contributed by atoms with Crippen LogP contribution in [-0.4, -0.2) is 5.11 Å². The Kier molecular flexibility index (Phi) is 9.61. The fourth-order valence-electron chi connectivity index (χ4n) is 4.49. The van der Waals surface area contributed by atoms with E-state index in [1.54, 1.807) is 0 Å². The van der Waals surface area contributed by atoms with E-state index in [2.05, 4.69) is 76.2 Å². The van der Waals surface area contributed by atoms with Crippen molar-refractivity contribution in [3.05, 3.63) is 88.5 Å². The second-order valence-electron chi connectivity index (χ2n) is 7.59. The second-order valence-corrected chi connectivity index (χ2v) is 7.59. The summed E-state index contributed by atoms with van der Waals surface area (Å²) in [5.41, 5.74) is 10.3. The van der Waals surface area contributed by atoms with Crippen LogP contribution in [0.2, 0.25) is 0 Å². The van der Waals surface area contributed by atoms with Crippen molar-refractivity contribution >= 4 is 41.2 Å². The third-order valence-corrected chi connectivity index (χ3v) is 6.32. The minimum Gasteiger partial charge on any atom is -0.392 e. The minimum absolute atomic E-state index is 0. The Morgan fingerprint density at radius 3 is 2.03 bits per heavy atom. The second kappa shape index (κ2) is 10.8. The Bertz CT molecular complexity index is 1110. The minimum atomic E-state index is 0. The van der Waals surface area contributed by atoms with Crippen LogP contribution in [0.5, 0.6) is 0 Å². The summed E-state index contributed by atoms with van der Waals surface area (Å²) in [7, 11) is 0. The van der Waals surface area contributed by atoms with Crippen molar-refractivity contribution in [2.24, 2.45) is 5.92 Å². The summed E-state index contributed by atoms with van der Waals surface area (Å²) in [6.07, 6.45) is 0. The summed E-state index contributed by atoms with van der Waals surface area (Å²) in [5.74, 6) is 0.409. The molecule has 156 valence electrons. The number of allylic oxidation sites excluding steroid dienone is 4. The van der Waals surface area contributed by atoms with Crippen LogP contribution in [0, 0.1) is 5.92 Å². The molecule has 3 aromatic rings. The summed E-state index contributed by atoms with van der Waals surface area (Å²) in [6.45, 7) is 9.08. The number of benzene rings is 3. The van der Waals surface area contributed by atoms with Crippen LogP contribution in [0.3, 0.4) is 0 Å². The third kappa shape index (κ3) is 4.33. The van der Waals surface area contributed by atoms with Gasteiger partial charge in [-0.2, -0.15) is 0 Å². The van der Waals surface area contributed by atoms with Crippen molar-refractivity contribution in [1.82, 2.24) is 0 Å². The molecule has 0 heterocycles. The van der Waals surface area contributed by atoms with E-state index in [1.807, 2.05) is 12.1 Å². The van der Waals surface area contributed by atoms with Gasteiger partial charge in [0.25, 0.3) is 0 Å². The van der Waals surface area contributed by atoms with E-state index < -0.39 is 0 Å². The van der Waals surface area contributed by atoms with Gasteiger partial charge in [-0.25, -0.2) is 0 Å². The number of hydrogen-bond acceptors (Lipinski definition) is 1. The van der Waals surface area contributed by atoms with Crippen LogP contribution >= 0.6 is 24.8 Å². The monoisotopic (exact) mass is 474 g/mol. The van der Waals surface area contributed by atoms with Crippen LogP contribution < -0.4 is 0 Å². The van der Waals surface area contributed by atoms with E-state index in [1.165, 1.54) is 44.2 Å². The molecular weight excluding hydrogens is 447 g/mol. The Morgan fingerprint density at radius 2 is 1.40 bits per heavy atom. The summed E-state index contributed by atoms with van der Waals surface area (Å²) in [6, 6.07) is 21.3. The molecule has 1 aliphatic rings. The molecule has 4 heteroatoms. The van der Waals surface area contributed by atoms with Gasteiger partial charge in [0.1, 0.15) is 0 Å². The van der Waals surface area contributed by atoms with Gasteiger partial charge in [-0.15, -0.1) is 24.8 Å². The van der Waals surface area contributed by atoms with Crippen LogP contribution in [0.15, 0.2) is 77.4 Å². The van der Waals surface area contributed by atoms with Crippen LogP contribution in [-0.2, 0) is 28.3 Å². The average molecular weight is 475 g/mol. The molecule has 1 aliphatic carbocycles. The fraction of sp³-hybridized carbons (Fsp3) is 0.231. The number of hydrogen-bond donors (Lipinski definition) is 1. The number of aliphatic hydroxyl groups excluding tert-OH is 1. The summed E-state index contributed by atoms with van der Waals surface area (Å²) in [5, 5.41) is 12.4. The standard InChI is InChI=1S/C26H26O.2ClH.Ti/c1-16-17(2)19(4)25(18(16)3)24-14-13-20-9-5-7-11-22(20)26(24)23-12-8-6-10-21(23)15-27;;;/h5-14,18,27H,15H2,1-4H3;2*1H;. The fourth-order valence-corrected chi connectivity index (χ4v) is 4.49. The third-order valence-electron chi connectivity index (χ3n) is 6.32. The molecule has 0 aromatic heterocycles. The number of fused-ring (bicyclic) bond motifs is 1. The number of aliphatic hydroxyl groups is 1. The molecule has 0 saturated heterocycles. The van der Waals surface area contributed by atoms with Gasteiger partial charge in [0.2, 0.25) is 0 Å². The smallest absolute Gasteiger partial charge is 0.0687 e. The predicted molar refractivity (Wildman–Crippen MR) is 130 cm³/mol. The molecule has 0 fully saturated rings. The van der Waals surface area contributed by atoms with Gasteiger partial charge < -0.3 is 5.11 Å². The first-order valence-electron chi connectivity index (χ1n) is 9.64. The first-order valence-corrected chi connectivity index (χ1v) is 9.64. The van der Waals surface area contributed by atoms with Gasteiger partial charge in [0, 0.05) is 27.6 Å². The van der Waals surface area contributed by atoms with E-state index in [-0.39, 0.29) is 53.1 Å². The largest absolute Gasteiger partial charge is 0.392 e. The molecule has 1 N–H and O–H groups in total. The van der Waals surface area contributed by atoms with E-state index in [4.69, 9.17) is 0 Å². The molecule has 1 unspecified atom stereocenters. The number of halogens is 2. The predicted octanol–water partition coefficient (Wildman–Crippen LogP) is 7.60. The summed E-state index contributed by atoms with van der Waals surface area (Å²) >= 11 is 0. The average Bonchev–Trinajstić information content (AvgIpc) is 2.90. The molecular formula is C26H28Cl2OTi. The molecule has 30 heavy (non-hydrogen) atoms. The maximum Gasteiger partial charge on any atom is 0.0687 e. The van der Waals surface area contributed by atoms with Crippen molar-refractivity contribution in [3.63, 3.8) is 0 Å². The summed E-state index contributed by atoms with van der Waals surface area (Å²) < 4.78 is 0. The van der Waals surface area contributed by atoms with Gasteiger partial charge in [0.15, 0.2) is 0 Å². The molecule has 1 atom stereocenters. The maximum atomic E-state index is 9.98. The zero-order valence-corrected chi connectivity index (χ0v) is 21.0. The molecule has 1 nitrogen and oxygen atoms in total. The van der Waals surface area contributed by atoms with Crippen molar-refractivity contribution in [2.75, 3.05) is 0 Å². The zero-order chi connectivity index (χ0) is 19.1.